The Morgan fingerprint density at radius 2 is 2.33 bits per heavy atom. The van der Waals surface area contributed by atoms with Gasteiger partial charge in [0.25, 0.3) is 0 Å². The number of fused-ring (bicyclic) bond motifs is 1. The summed E-state index contributed by atoms with van der Waals surface area (Å²) in [5, 5.41) is 0. The Kier molecular flexibility index (Phi) is 1.73. The number of hydrogen-bond acceptors (Lipinski definition) is 2. The van der Waals surface area contributed by atoms with Crippen molar-refractivity contribution < 1.29 is 9.13 Å². The SMILES string of the molecule is NCc1cc(F)cc2c1CCO2. The Bertz CT molecular complexity index is 312. The van der Waals surface area contributed by atoms with Crippen molar-refractivity contribution in [2.75, 3.05) is 6.61 Å². The Morgan fingerprint density at radius 3 is 3.08 bits per heavy atom. The summed E-state index contributed by atoms with van der Waals surface area (Å²) in [6.07, 6.45) is 0.849. The second kappa shape index (κ2) is 2.75. The highest BCUT2D eigenvalue weighted by molar-refractivity contribution is 5.43. The first kappa shape index (κ1) is 7.55. The van der Waals surface area contributed by atoms with E-state index in [2.05, 4.69) is 0 Å². The molecule has 0 spiro atoms. The lowest BCUT2D eigenvalue weighted by atomic mass is 10.1. The molecule has 0 atom stereocenters. The van der Waals surface area contributed by atoms with Crippen molar-refractivity contribution in [2.45, 2.75) is 13.0 Å². The molecule has 0 amide bonds. The predicted octanol–water partition coefficient (Wildman–Crippen LogP) is 1.22. The van der Waals surface area contributed by atoms with E-state index in [1.54, 1.807) is 0 Å². The summed E-state index contributed by atoms with van der Waals surface area (Å²) >= 11 is 0. The average Bonchev–Trinajstić information content (AvgIpc) is 2.50. The lowest BCUT2D eigenvalue weighted by Crippen LogP contribution is -2.00. The van der Waals surface area contributed by atoms with Crippen LogP contribution in [0.1, 0.15) is 11.1 Å². The summed E-state index contributed by atoms with van der Waals surface area (Å²) in [5.74, 6) is 0.395. The van der Waals surface area contributed by atoms with E-state index in [1.165, 1.54) is 12.1 Å². The molecule has 0 radical (unpaired) electrons. The van der Waals surface area contributed by atoms with Gasteiger partial charge in [0.15, 0.2) is 0 Å². The van der Waals surface area contributed by atoms with Crippen LogP contribution in [0.15, 0.2) is 12.1 Å². The summed E-state index contributed by atoms with van der Waals surface area (Å²) in [5.41, 5.74) is 7.40. The average molecular weight is 167 g/mol. The normalized spacial score (nSPS) is 14.2. The maximum atomic E-state index is 12.9. The van der Waals surface area contributed by atoms with Crippen molar-refractivity contribution >= 4 is 0 Å². The highest BCUT2D eigenvalue weighted by Gasteiger charge is 2.16. The molecule has 0 aliphatic carbocycles. The van der Waals surface area contributed by atoms with Crippen LogP contribution < -0.4 is 10.5 Å². The summed E-state index contributed by atoms with van der Waals surface area (Å²) in [6.45, 7) is 1.02. The lowest BCUT2D eigenvalue weighted by Gasteiger charge is -2.04. The van der Waals surface area contributed by atoms with Gasteiger partial charge in [0.1, 0.15) is 11.6 Å². The lowest BCUT2D eigenvalue weighted by molar-refractivity contribution is 0.355. The summed E-state index contributed by atoms with van der Waals surface area (Å²) in [4.78, 5) is 0. The highest BCUT2D eigenvalue weighted by Crippen LogP contribution is 2.29. The van der Waals surface area contributed by atoms with E-state index in [-0.39, 0.29) is 5.82 Å². The fraction of sp³-hybridized carbons (Fsp3) is 0.333. The first-order valence-corrected chi connectivity index (χ1v) is 3.95. The van der Waals surface area contributed by atoms with Gasteiger partial charge in [0.05, 0.1) is 6.61 Å². The Morgan fingerprint density at radius 1 is 1.50 bits per heavy atom. The van der Waals surface area contributed by atoms with Gasteiger partial charge in [-0.05, 0) is 11.6 Å². The third-order valence-electron chi connectivity index (χ3n) is 2.10. The van der Waals surface area contributed by atoms with Crippen molar-refractivity contribution in [3.8, 4) is 5.75 Å². The quantitative estimate of drug-likeness (QED) is 0.682. The largest absolute Gasteiger partial charge is 0.493 e. The Hall–Kier alpha value is -1.09. The third kappa shape index (κ3) is 1.06. The Balaban J connectivity index is 2.55. The minimum atomic E-state index is -0.267. The van der Waals surface area contributed by atoms with Gasteiger partial charge in [-0.3, -0.25) is 0 Å². The maximum Gasteiger partial charge on any atom is 0.127 e. The van der Waals surface area contributed by atoms with Gasteiger partial charge in [-0.2, -0.15) is 0 Å². The molecular weight excluding hydrogens is 157 g/mol. The summed E-state index contributed by atoms with van der Waals surface area (Å²) in [6, 6.07) is 2.90. The highest BCUT2D eigenvalue weighted by atomic mass is 19.1. The van der Waals surface area contributed by atoms with Gasteiger partial charge in [0.2, 0.25) is 0 Å². The van der Waals surface area contributed by atoms with E-state index in [9.17, 15) is 4.39 Å². The molecule has 1 aliphatic heterocycles. The standard InChI is InChI=1S/C9H10FNO/c10-7-3-6(5-11)8-1-2-12-9(8)4-7/h3-4H,1-2,5,11H2. The van der Waals surface area contributed by atoms with Gasteiger partial charge in [-0.25, -0.2) is 4.39 Å². The molecule has 0 unspecified atom stereocenters. The second-order valence-corrected chi connectivity index (χ2v) is 2.84. The molecule has 0 bridgehead atoms. The molecule has 0 saturated carbocycles. The molecular formula is C9H10FNO. The van der Waals surface area contributed by atoms with Crippen LogP contribution in [0.3, 0.4) is 0 Å². The second-order valence-electron chi connectivity index (χ2n) is 2.84. The molecule has 0 saturated heterocycles. The number of rotatable bonds is 1. The van der Waals surface area contributed by atoms with Gasteiger partial charge >= 0.3 is 0 Å². The number of benzene rings is 1. The molecule has 2 nitrogen and oxygen atoms in total. The molecule has 2 rings (SSSR count). The number of halogens is 1. The number of nitrogens with two attached hydrogens (primary N) is 1. The molecule has 64 valence electrons. The molecule has 2 N–H and O–H groups in total. The topological polar surface area (TPSA) is 35.2 Å². The zero-order valence-corrected chi connectivity index (χ0v) is 6.64. The maximum absolute atomic E-state index is 12.9. The van der Waals surface area contributed by atoms with Gasteiger partial charge in [0, 0.05) is 24.6 Å². The number of hydrogen-bond donors (Lipinski definition) is 1. The minimum Gasteiger partial charge on any atom is -0.493 e. The van der Waals surface area contributed by atoms with Crippen molar-refractivity contribution in [2.24, 2.45) is 5.73 Å². The van der Waals surface area contributed by atoms with Crippen molar-refractivity contribution in [1.82, 2.24) is 0 Å². The first-order valence-electron chi connectivity index (χ1n) is 3.95. The zero-order valence-electron chi connectivity index (χ0n) is 6.64. The fourth-order valence-electron chi connectivity index (χ4n) is 1.52. The summed E-state index contributed by atoms with van der Waals surface area (Å²) in [7, 11) is 0. The van der Waals surface area contributed by atoms with E-state index >= 15 is 0 Å². The van der Waals surface area contributed by atoms with Crippen molar-refractivity contribution in [1.29, 1.82) is 0 Å². The Labute approximate surface area is 70.1 Å². The molecule has 3 heteroatoms. The zero-order chi connectivity index (χ0) is 8.55. The van der Waals surface area contributed by atoms with E-state index in [1.807, 2.05) is 0 Å². The van der Waals surface area contributed by atoms with E-state index in [4.69, 9.17) is 10.5 Å². The van der Waals surface area contributed by atoms with Crippen LogP contribution in [-0.4, -0.2) is 6.61 Å². The monoisotopic (exact) mass is 167 g/mol. The van der Waals surface area contributed by atoms with Gasteiger partial charge in [-0.1, -0.05) is 0 Å². The van der Waals surface area contributed by atoms with Crippen LogP contribution in [0.2, 0.25) is 0 Å². The van der Waals surface area contributed by atoms with Crippen LogP contribution >= 0.6 is 0 Å². The van der Waals surface area contributed by atoms with Gasteiger partial charge < -0.3 is 10.5 Å². The molecule has 1 aliphatic rings. The molecule has 1 aromatic carbocycles. The molecule has 0 aromatic heterocycles. The van der Waals surface area contributed by atoms with Crippen LogP contribution in [0, 0.1) is 5.82 Å². The van der Waals surface area contributed by atoms with Gasteiger partial charge in [-0.15, -0.1) is 0 Å². The van der Waals surface area contributed by atoms with Crippen LogP contribution in [0.25, 0.3) is 0 Å². The number of ether oxygens (including phenoxy) is 1. The smallest absolute Gasteiger partial charge is 0.127 e. The molecule has 12 heavy (non-hydrogen) atoms. The van der Waals surface area contributed by atoms with Crippen LogP contribution in [0.5, 0.6) is 5.75 Å². The van der Waals surface area contributed by atoms with Crippen LogP contribution in [-0.2, 0) is 13.0 Å². The van der Waals surface area contributed by atoms with E-state index in [0.29, 0.717) is 18.9 Å². The van der Waals surface area contributed by atoms with Crippen molar-refractivity contribution in [3.63, 3.8) is 0 Å². The molecule has 0 fully saturated rings. The first-order chi connectivity index (χ1) is 5.81. The third-order valence-corrected chi connectivity index (χ3v) is 2.10. The van der Waals surface area contributed by atoms with Crippen LogP contribution in [0.4, 0.5) is 4.39 Å². The van der Waals surface area contributed by atoms with E-state index in [0.717, 1.165) is 17.5 Å². The molecule has 1 heterocycles. The molecule has 1 aromatic rings. The van der Waals surface area contributed by atoms with E-state index < -0.39 is 0 Å². The minimum absolute atomic E-state index is 0.267. The predicted molar refractivity (Wildman–Crippen MR) is 43.5 cm³/mol. The van der Waals surface area contributed by atoms with Crippen molar-refractivity contribution in [3.05, 3.63) is 29.1 Å². The summed E-state index contributed by atoms with van der Waals surface area (Å²) < 4.78 is 18.1. The fourth-order valence-corrected chi connectivity index (χ4v) is 1.52.